The maximum Gasteiger partial charge on any atom is 0.143 e. The van der Waals surface area contributed by atoms with Gasteiger partial charge in [-0.1, -0.05) is 297 Å². The predicted molar refractivity (Wildman–Crippen MR) is 495 cm³/mol. The second-order valence-corrected chi connectivity index (χ2v) is 32.3. The Morgan fingerprint density at radius 3 is 1.16 bits per heavy atom. The van der Waals surface area contributed by atoms with E-state index in [9.17, 15) is 0 Å². The lowest BCUT2D eigenvalue weighted by Crippen LogP contribution is -2.11. The molecule has 23 rings (SSSR count). The molecule has 4 nitrogen and oxygen atoms in total. The molecule has 0 saturated carbocycles. The first-order valence-electron chi connectivity index (χ1n) is 39.5. The lowest BCUT2D eigenvalue weighted by Gasteiger charge is -2.28. The van der Waals surface area contributed by atoms with E-state index in [0.717, 1.165) is 139 Å². The summed E-state index contributed by atoms with van der Waals surface area (Å²) in [5.74, 6) is 0. The quantitative estimate of drug-likeness (QED) is 0.109. The van der Waals surface area contributed by atoms with Crippen LogP contribution in [0.2, 0.25) is 0 Å². The lowest BCUT2D eigenvalue weighted by atomic mass is 9.96. The van der Waals surface area contributed by atoms with E-state index in [1.807, 2.05) is 28.7 Å². The molecule has 19 aromatic carbocycles. The number of benzene rings is 19. The summed E-state index contributed by atoms with van der Waals surface area (Å²) in [4.78, 5) is 4.82. The molecule has 23 aromatic rings. The van der Waals surface area contributed by atoms with Crippen LogP contribution in [0.15, 0.2) is 421 Å². The summed E-state index contributed by atoms with van der Waals surface area (Å²) >= 11 is 3.72. The summed E-state index contributed by atoms with van der Waals surface area (Å²) in [5.41, 5.74) is 27.8. The van der Waals surface area contributed by atoms with Gasteiger partial charge in [0.15, 0.2) is 0 Å². The summed E-state index contributed by atoms with van der Waals surface area (Å²) < 4.78 is 19.0. The largest absolute Gasteiger partial charge is 0.455 e. The van der Waals surface area contributed by atoms with Crippen LogP contribution in [0.3, 0.4) is 0 Å². The van der Waals surface area contributed by atoms with Gasteiger partial charge in [0.1, 0.15) is 22.3 Å². The maximum absolute atomic E-state index is 7.23. The highest BCUT2D eigenvalue weighted by Gasteiger charge is 2.25. The van der Waals surface area contributed by atoms with Gasteiger partial charge in [-0.15, -0.1) is 22.7 Å². The molecule has 0 fully saturated rings. The van der Waals surface area contributed by atoms with Gasteiger partial charge in [-0.2, -0.15) is 0 Å². The molecule has 116 heavy (non-hydrogen) atoms. The normalized spacial score (nSPS) is 11.8. The topological polar surface area (TPSA) is 32.8 Å². The van der Waals surface area contributed by atoms with E-state index in [0.29, 0.717) is 0 Å². The van der Waals surface area contributed by atoms with E-state index >= 15 is 0 Å². The van der Waals surface area contributed by atoms with Crippen LogP contribution in [0.4, 0.5) is 34.1 Å². The molecule has 0 aliphatic heterocycles. The second kappa shape index (κ2) is 27.6. The van der Waals surface area contributed by atoms with Crippen LogP contribution in [-0.4, -0.2) is 0 Å². The molecule has 0 aliphatic carbocycles. The van der Waals surface area contributed by atoms with Crippen LogP contribution < -0.4 is 9.80 Å². The van der Waals surface area contributed by atoms with Gasteiger partial charge in [0, 0.05) is 107 Å². The van der Waals surface area contributed by atoms with Gasteiger partial charge in [0.2, 0.25) is 0 Å². The highest BCUT2D eigenvalue weighted by Crippen LogP contribution is 2.51. The highest BCUT2D eigenvalue weighted by molar-refractivity contribution is 7.26. The maximum atomic E-state index is 7.23. The first kappa shape index (κ1) is 67.1. The third-order valence-electron chi connectivity index (χ3n) is 23.4. The van der Waals surface area contributed by atoms with Crippen LogP contribution in [0.25, 0.3) is 195 Å². The molecule has 4 aromatic heterocycles. The molecule has 0 N–H and O–H groups in total. The van der Waals surface area contributed by atoms with Crippen molar-refractivity contribution in [2.24, 2.45) is 0 Å². The Morgan fingerprint density at radius 1 is 0.181 bits per heavy atom. The SMILES string of the molecule is c1cc(-c2cccc(N(c3ccc(-c4ccc5ccccc5c4)cc3)c3ccccc3-c3cccc4c3oc3ccccc34)c2)cc(-c2cccc3c2sc2cc(-c4ccc5c(c4)oc4c(-c6ccccc6N(c6ccc(-c7ccc8ccccc8c7)cc6)c6cccc(-c7ccc8c(c7)sc7ccccc78)c6)cccc45)ccc23)c1. The number of furan rings is 2. The number of rotatable bonds is 14. The third-order valence-corrected chi connectivity index (χ3v) is 25.8. The zero-order valence-electron chi connectivity index (χ0n) is 62.8. The van der Waals surface area contributed by atoms with E-state index < -0.39 is 0 Å². The average Bonchev–Trinajstić information content (AvgIpc) is 1.65. The molecular formula is C110H68N2O2S2. The predicted octanol–water partition coefficient (Wildman–Crippen LogP) is 32.8. The van der Waals surface area contributed by atoms with Crippen molar-refractivity contribution in [1.29, 1.82) is 0 Å². The standard InChI is InChI=1S/C110H68N2O2S2/c1-3-21-73-61-78(45-43-69(73)19-1)71-47-54-84(55-48-71)111(101-39-9-5-29-89(101)96-34-17-36-98-91-31-7-11-41-103(91)113-108(96)98)86-27-14-24-76(64-86)75-23-13-26-83(63-75)88-33-16-38-100-95-60-53-82(68-107(95)116-110(88)100)80-51-58-92-99-37-18-35-97(109(99)114-104(92)66-80)90-30-6-10-40-102(90)112(85-56-49-72(50-57-85)79-46-44-70-20-2-4-22-74(70)62-79)87-28-15-25-77(65-87)81-52-59-94-93-32-8-12-42-105(93)115-106(94)67-81/h1-68H. The monoisotopic (exact) mass is 1510 g/mol. The number of fused-ring (bicyclic) bond motifs is 14. The van der Waals surface area contributed by atoms with Crippen molar-refractivity contribution in [3.63, 3.8) is 0 Å². The fourth-order valence-electron chi connectivity index (χ4n) is 17.8. The number of hydrogen-bond acceptors (Lipinski definition) is 6. The Labute approximate surface area is 677 Å². The number of hydrogen-bond donors (Lipinski definition) is 0. The molecule has 6 heteroatoms. The van der Waals surface area contributed by atoms with Crippen LogP contribution in [0.5, 0.6) is 0 Å². The molecule has 0 saturated heterocycles. The molecule has 0 amide bonds. The van der Waals surface area contributed by atoms with Crippen molar-refractivity contribution < 1.29 is 8.83 Å². The van der Waals surface area contributed by atoms with E-state index in [4.69, 9.17) is 8.83 Å². The fourth-order valence-corrected chi connectivity index (χ4v) is 20.2. The fraction of sp³-hybridized carbons (Fsp3) is 0. The number of nitrogens with zero attached hydrogens (tertiary/aromatic N) is 2. The first-order valence-corrected chi connectivity index (χ1v) is 41.1. The van der Waals surface area contributed by atoms with E-state index in [-0.39, 0.29) is 0 Å². The molecular weight excluding hydrogens is 1450 g/mol. The molecule has 0 radical (unpaired) electrons. The summed E-state index contributed by atoms with van der Waals surface area (Å²) in [7, 11) is 0. The lowest BCUT2D eigenvalue weighted by molar-refractivity contribution is 0.669. The van der Waals surface area contributed by atoms with Crippen molar-refractivity contribution in [1.82, 2.24) is 0 Å². The minimum absolute atomic E-state index is 0.844. The summed E-state index contributed by atoms with van der Waals surface area (Å²) in [6, 6.07) is 151. The van der Waals surface area contributed by atoms with Crippen molar-refractivity contribution in [3.05, 3.63) is 413 Å². The van der Waals surface area contributed by atoms with Gasteiger partial charge in [-0.3, -0.25) is 0 Å². The van der Waals surface area contributed by atoms with E-state index in [1.54, 1.807) is 0 Å². The Hall–Kier alpha value is -14.7. The summed E-state index contributed by atoms with van der Waals surface area (Å²) in [5, 5.41) is 14.3. The Balaban J connectivity index is 0.580. The second-order valence-electron chi connectivity index (χ2n) is 30.2. The van der Waals surface area contributed by atoms with Gasteiger partial charge >= 0.3 is 0 Å². The zero-order valence-corrected chi connectivity index (χ0v) is 64.4. The minimum atomic E-state index is 0.844. The van der Waals surface area contributed by atoms with Crippen LogP contribution in [-0.2, 0) is 0 Å². The van der Waals surface area contributed by atoms with E-state index in [2.05, 4.69) is 416 Å². The number of thiophene rings is 2. The average molecular weight is 1510 g/mol. The molecule has 0 atom stereocenters. The van der Waals surface area contributed by atoms with Crippen molar-refractivity contribution in [3.8, 4) is 89.0 Å². The highest BCUT2D eigenvalue weighted by atomic mass is 32.1. The Kier molecular flexibility index (Phi) is 16.0. The smallest absolute Gasteiger partial charge is 0.143 e. The van der Waals surface area contributed by atoms with E-state index in [1.165, 1.54) is 89.7 Å². The Morgan fingerprint density at radius 2 is 0.560 bits per heavy atom. The summed E-state index contributed by atoms with van der Waals surface area (Å²) in [6.45, 7) is 0. The molecule has 0 bridgehead atoms. The minimum Gasteiger partial charge on any atom is -0.455 e. The van der Waals surface area contributed by atoms with Gasteiger partial charge in [0.25, 0.3) is 0 Å². The van der Waals surface area contributed by atoms with Crippen molar-refractivity contribution in [2.45, 2.75) is 0 Å². The van der Waals surface area contributed by atoms with Crippen molar-refractivity contribution >= 4 is 163 Å². The molecule has 542 valence electrons. The number of para-hydroxylation sites is 5. The van der Waals surface area contributed by atoms with Crippen molar-refractivity contribution in [2.75, 3.05) is 9.80 Å². The molecule has 0 aliphatic rings. The van der Waals surface area contributed by atoms with Gasteiger partial charge < -0.3 is 18.6 Å². The van der Waals surface area contributed by atoms with Gasteiger partial charge in [0.05, 0.1) is 11.4 Å². The summed E-state index contributed by atoms with van der Waals surface area (Å²) in [6.07, 6.45) is 0. The first-order chi connectivity index (χ1) is 57.4. The molecule has 0 unspecified atom stereocenters. The van der Waals surface area contributed by atoms with Gasteiger partial charge in [-0.05, 0) is 204 Å². The third kappa shape index (κ3) is 11.6. The van der Waals surface area contributed by atoms with Crippen LogP contribution >= 0.6 is 22.7 Å². The van der Waals surface area contributed by atoms with Gasteiger partial charge in [-0.25, -0.2) is 0 Å². The van der Waals surface area contributed by atoms with Crippen LogP contribution in [0, 0.1) is 0 Å². The van der Waals surface area contributed by atoms with Crippen LogP contribution in [0.1, 0.15) is 0 Å². The Bertz CT molecular complexity index is 7870. The molecule has 4 heterocycles. The zero-order chi connectivity index (χ0) is 76.3. The number of anilines is 6. The molecule has 0 spiro atoms.